The van der Waals surface area contributed by atoms with Gasteiger partial charge < -0.3 is 14.8 Å². The number of benzene rings is 2. The van der Waals surface area contributed by atoms with Gasteiger partial charge >= 0.3 is 0 Å². The second-order valence-electron chi connectivity index (χ2n) is 9.35. The number of carbonyl (C=O) groups excluding carboxylic acids is 1. The number of nitrogens with one attached hydrogen (secondary N) is 1. The summed E-state index contributed by atoms with van der Waals surface area (Å²) in [6.45, 7) is 2.27. The van der Waals surface area contributed by atoms with Crippen molar-refractivity contribution in [3.8, 4) is 0 Å². The van der Waals surface area contributed by atoms with Gasteiger partial charge in [-0.25, -0.2) is 9.37 Å². The first-order valence-electron chi connectivity index (χ1n) is 12.2. The number of aromatic amines is 1. The van der Waals surface area contributed by atoms with Crippen molar-refractivity contribution in [2.75, 3.05) is 31.1 Å². The predicted octanol–water partition coefficient (Wildman–Crippen LogP) is 6.28. The van der Waals surface area contributed by atoms with Crippen molar-refractivity contribution in [3.05, 3.63) is 96.9 Å². The molecule has 1 aliphatic heterocycles. The molecule has 0 aliphatic carbocycles. The van der Waals surface area contributed by atoms with Crippen molar-refractivity contribution in [1.82, 2.24) is 19.3 Å². The van der Waals surface area contributed by atoms with E-state index in [0.717, 1.165) is 28.3 Å². The summed E-state index contributed by atoms with van der Waals surface area (Å²) >= 11 is 20.2. The number of H-pyrrole nitrogens is 1. The van der Waals surface area contributed by atoms with Gasteiger partial charge in [-0.2, -0.15) is 0 Å². The number of hydrogen-bond donors (Lipinski definition) is 1. The predicted molar refractivity (Wildman–Crippen MR) is 155 cm³/mol. The molecule has 12 heteroatoms. The van der Waals surface area contributed by atoms with Crippen molar-refractivity contribution >= 4 is 72.9 Å². The monoisotopic (exact) mass is 603 g/mol. The molecule has 0 unspecified atom stereocenters. The molecule has 5 aromatic rings. The van der Waals surface area contributed by atoms with Crippen LogP contribution in [0.25, 0.3) is 15.7 Å². The first-order chi connectivity index (χ1) is 18.8. The molecular formula is C27H21Cl3FN5O2S. The lowest BCUT2D eigenvalue weighted by Gasteiger charge is -2.22. The van der Waals surface area contributed by atoms with Gasteiger partial charge in [0.15, 0.2) is 5.13 Å². The molecule has 6 rings (SSSR count). The van der Waals surface area contributed by atoms with Crippen LogP contribution in [0, 0.1) is 5.82 Å². The summed E-state index contributed by atoms with van der Waals surface area (Å²) in [7, 11) is 0. The van der Waals surface area contributed by atoms with Gasteiger partial charge in [-0.05, 0) is 48.4 Å². The molecule has 200 valence electrons. The zero-order valence-electron chi connectivity index (χ0n) is 20.4. The zero-order chi connectivity index (χ0) is 27.3. The Hall–Kier alpha value is -3.11. The average Bonchev–Trinajstić information content (AvgIpc) is 3.36. The standard InChI is InChI=1S/C27H21Cl3FN5O2S/c28-16-3-5-21-23(12-16)39-27(33-21)35-7-1-6-34(8-9-35)26(38)18-11-15(2-4-20(18)31)10-17-14-32-25(37)22-13-19(29)24(30)36(17)22/h2-5,11-14H,1,6-10H2,(H,32,37). The van der Waals surface area contributed by atoms with Crippen LogP contribution in [0.4, 0.5) is 9.52 Å². The molecule has 1 N–H and O–H groups in total. The second kappa shape index (κ2) is 10.5. The zero-order valence-corrected chi connectivity index (χ0v) is 23.5. The minimum atomic E-state index is -0.582. The van der Waals surface area contributed by atoms with E-state index in [1.165, 1.54) is 12.1 Å². The third kappa shape index (κ3) is 5.00. The van der Waals surface area contributed by atoms with E-state index in [-0.39, 0.29) is 27.2 Å². The minimum Gasteiger partial charge on any atom is -0.346 e. The summed E-state index contributed by atoms with van der Waals surface area (Å²) in [6.07, 6.45) is 2.57. The van der Waals surface area contributed by atoms with Gasteiger partial charge in [0.25, 0.3) is 11.5 Å². The van der Waals surface area contributed by atoms with Crippen molar-refractivity contribution in [2.45, 2.75) is 12.8 Å². The third-order valence-corrected chi connectivity index (χ3v) is 8.90. The van der Waals surface area contributed by atoms with Crippen molar-refractivity contribution < 1.29 is 9.18 Å². The maximum absolute atomic E-state index is 14.9. The van der Waals surface area contributed by atoms with Crippen LogP contribution in [0.5, 0.6) is 0 Å². The molecule has 4 heterocycles. The molecule has 1 fully saturated rings. The Morgan fingerprint density at radius 1 is 1.05 bits per heavy atom. The number of amides is 1. The molecule has 0 bridgehead atoms. The van der Waals surface area contributed by atoms with Crippen LogP contribution in [0.1, 0.15) is 28.0 Å². The maximum atomic E-state index is 14.9. The summed E-state index contributed by atoms with van der Waals surface area (Å²) in [5.41, 5.74) is 2.22. The first kappa shape index (κ1) is 26.1. The molecule has 39 heavy (non-hydrogen) atoms. The molecule has 7 nitrogen and oxygen atoms in total. The molecule has 0 atom stereocenters. The number of thiazole rings is 1. The van der Waals surface area contributed by atoms with Gasteiger partial charge in [0.1, 0.15) is 16.5 Å². The van der Waals surface area contributed by atoms with Crippen molar-refractivity contribution in [2.24, 2.45) is 0 Å². The molecule has 1 aliphatic rings. The lowest BCUT2D eigenvalue weighted by atomic mass is 10.0. The largest absolute Gasteiger partial charge is 0.346 e. The summed E-state index contributed by atoms with van der Waals surface area (Å²) in [6, 6.07) is 11.6. The van der Waals surface area contributed by atoms with Crippen LogP contribution >= 0.6 is 46.1 Å². The molecular weight excluding hydrogens is 584 g/mol. The number of halogens is 4. The summed E-state index contributed by atoms with van der Waals surface area (Å²) in [5, 5.41) is 2.02. The molecule has 1 amide bonds. The van der Waals surface area contributed by atoms with E-state index < -0.39 is 5.82 Å². The Bertz CT molecular complexity index is 1800. The Balaban J connectivity index is 1.22. The van der Waals surface area contributed by atoms with E-state index in [1.54, 1.807) is 39.0 Å². The Kier molecular flexibility index (Phi) is 7.01. The van der Waals surface area contributed by atoms with E-state index in [2.05, 4.69) is 9.88 Å². The molecule has 2 aromatic carbocycles. The Morgan fingerprint density at radius 3 is 2.74 bits per heavy atom. The highest BCUT2D eigenvalue weighted by Crippen LogP contribution is 2.31. The topological polar surface area (TPSA) is 73.7 Å². The number of aromatic nitrogens is 3. The van der Waals surface area contributed by atoms with Crippen LogP contribution in [0.15, 0.2) is 53.5 Å². The Morgan fingerprint density at radius 2 is 1.90 bits per heavy atom. The lowest BCUT2D eigenvalue weighted by molar-refractivity contribution is 0.0762. The quantitative estimate of drug-likeness (QED) is 0.262. The summed E-state index contributed by atoms with van der Waals surface area (Å²) in [5.74, 6) is -0.942. The molecule has 3 aromatic heterocycles. The van der Waals surface area contributed by atoms with Gasteiger partial charge in [0.05, 0.1) is 20.8 Å². The number of nitrogens with zero attached hydrogens (tertiary/aromatic N) is 4. The van der Waals surface area contributed by atoms with Gasteiger partial charge in [0, 0.05) is 49.5 Å². The van der Waals surface area contributed by atoms with E-state index in [4.69, 9.17) is 39.8 Å². The maximum Gasteiger partial charge on any atom is 0.272 e. The lowest BCUT2D eigenvalue weighted by Crippen LogP contribution is -2.35. The fourth-order valence-corrected chi connectivity index (χ4v) is 6.62. The number of carbonyl (C=O) groups is 1. The van der Waals surface area contributed by atoms with E-state index in [1.807, 2.05) is 18.2 Å². The molecule has 0 saturated carbocycles. The third-order valence-electron chi connectivity index (χ3n) is 6.83. The van der Waals surface area contributed by atoms with Gasteiger partial charge in [-0.3, -0.25) is 14.0 Å². The number of fused-ring (bicyclic) bond motifs is 2. The van der Waals surface area contributed by atoms with Crippen LogP contribution in [0.3, 0.4) is 0 Å². The average molecular weight is 605 g/mol. The number of hydrogen-bond acceptors (Lipinski definition) is 5. The first-order valence-corrected chi connectivity index (χ1v) is 14.2. The van der Waals surface area contributed by atoms with Gasteiger partial charge in [0.2, 0.25) is 0 Å². The van der Waals surface area contributed by atoms with Crippen LogP contribution < -0.4 is 10.5 Å². The highest BCUT2D eigenvalue weighted by atomic mass is 35.5. The van der Waals surface area contributed by atoms with Crippen LogP contribution in [-0.4, -0.2) is 51.4 Å². The van der Waals surface area contributed by atoms with Crippen LogP contribution in [0.2, 0.25) is 15.2 Å². The normalized spacial score (nSPS) is 14.4. The minimum absolute atomic E-state index is 0.00730. The van der Waals surface area contributed by atoms with E-state index in [9.17, 15) is 14.0 Å². The van der Waals surface area contributed by atoms with E-state index >= 15 is 0 Å². The summed E-state index contributed by atoms with van der Waals surface area (Å²) < 4.78 is 17.5. The van der Waals surface area contributed by atoms with E-state index in [0.29, 0.717) is 47.9 Å². The van der Waals surface area contributed by atoms with Gasteiger partial charge in [-0.15, -0.1) is 0 Å². The fraction of sp³-hybridized carbons (Fsp3) is 0.222. The number of anilines is 1. The van der Waals surface area contributed by atoms with Crippen molar-refractivity contribution in [3.63, 3.8) is 0 Å². The fourth-order valence-electron chi connectivity index (χ4n) is 4.88. The molecule has 1 saturated heterocycles. The second-order valence-corrected chi connectivity index (χ2v) is 11.6. The van der Waals surface area contributed by atoms with Gasteiger partial charge in [-0.1, -0.05) is 52.2 Å². The smallest absolute Gasteiger partial charge is 0.272 e. The molecule has 0 radical (unpaired) electrons. The van der Waals surface area contributed by atoms with Crippen molar-refractivity contribution in [1.29, 1.82) is 0 Å². The Labute approximate surface area is 241 Å². The summed E-state index contributed by atoms with van der Waals surface area (Å²) in [4.78, 5) is 36.9. The highest BCUT2D eigenvalue weighted by Gasteiger charge is 2.24. The SMILES string of the molecule is O=C(c1cc(Cc2c[nH]c(=O)c3cc(Cl)c(Cl)n23)ccc1F)N1CCCN(c2nc3ccc(Cl)cc3s2)CC1. The highest BCUT2D eigenvalue weighted by molar-refractivity contribution is 7.22. The number of rotatable bonds is 4. The molecule has 0 spiro atoms. The van der Waals surface area contributed by atoms with Crippen LogP contribution in [-0.2, 0) is 6.42 Å².